The van der Waals surface area contributed by atoms with Crippen LogP contribution in [0.25, 0.3) is 0 Å². The van der Waals surface area contributed by atoms with E-state index in [4.69, 9.17) is 14.9 Å². The molecular weight excluding hydrogens is 394 g/mol. The number of oxazole rings is 1. The molecule has 31 heavy (non-hydrogen) atoms. The molecule has 1 amide bonds. The second kappa shape index (κ2) is 11.1. The van der Waals surface area contributed by atoms with E-state index in [2.05, 4.69) is 10.3 Å². The Hall–Kier alpha value is -3.45. The summed E-state index contributed by atoms with van der Waals surface area (Å²) in [5, 5.41) is 2.73. The highest BCUT2D eigenvalue weighted by molar-refractivity contribution is 5.95. The normalized spacial score (nSPS) is 12.7. The minimum absolute atomic E-state index is 0.0791. The Balaban J connectivity index is 1.69. The molecule has 0 fully saturated rings. The minimum Gasteiger partial charge on any atom is -0.459 e. The quantitative estimate of drug-likeness (QED) is 0.485. The van der Waals surface area contributed by atoms with Gasteiger partial charge in [0.1, 0.15) is 18.9 Å². The van der Waals surface area contributed by atoms with Crippen LogP contribution >= 0.6 is 0 Å². The molecule has 2 atom stereocenters. The molecule has 0 aliphatic heterocycles. The van der Waals surface area contributed by atoms with E-state index in [-0.39, 0.29) is 18.3 Å². The number of nitrogens with one attached hydrogen (secondary N) is 1. The van der Waals surface area contributed by atoms with Crippen molar-refractivity contribution >= 4 is 11.9 Å². The lowest BCUT2D eigenvalue weighted by molar-refractivity contribution is -0.147. The van der Waals surface area contributed by atoms with Crippen LogP contribution in [0.5, 0.6) is 0 Å². The van der Waals surface area contributed by atoms with E-state index in [0.717, 1.165) is 17.5 Å². The Bertz CT molecular complexity index is 973. The van der Waals surface area contributed by atoms with E-state index < -0.39 is 17.9 Å². The number of rotatable bonds is 10. The first-order chi connectivity index (χ1) is 15.1. The van der Waals surface area contributed by atoms with Crippen LogP contribution in [0.3, 0.4) is 0 Å². The third-order valence-corrected chi connectivity index (χ3v) is 4.77. The van der Waals surface area contributed by atoms with Crippen LogP contribution < -0.4 is 11.1 Å². The lowest BCUT2D eigenvalue weighted by Gasteiger charge is -2.17. The number of esters is 1. The molecule has 3 rings (SSSR count). The van der Waals surface area contributed by atoms with Gasteiger partial charge >= 0.3 is 5.97 Å². The molecule has 7 heteroatoms. The van der Waals surface area contributed by atoms with Crippen molar-refractivity contribution in [3.8, 4) is 0 Å². The number of carbonyl (C=O) groups is 2. The summed E-state index contributed by atoms with van der Waals surface area (Å²) in [6, 6.07) is 17.6. The fourth-order valence-corrected chi connectivity index (χ4v) is 3.10. The molecule has 0 bridgehead atoms. The van der Waals surface area contributed by atoms with Gasteiger partial charge in [0.05, 0.1) is 6.04 Å². The largest absolute Gasteiger partial charge is 0.459 e. The summed E-state index contributed by atoms with van der Waals surface area (Å²) in [6.45, 7) is 2.13. The number of nitrogens with two attached hydrogens (primary N) is 1. The van der Waals surface area contributed by atoms with E-state index in [0.29, 0.717) is 18.7 Å². The van der Waals surface area contributed by atoms with Gasteiger partial charge in [-0.2, -0.15) is 0 Å². The summed E-state index contributed by atoms with van der Waals surface area (Å²) in [4.78, 5) is 29.7. The molecular formula is C24H27N3O4. The number of benzene rings is 2. The van der Waals surface area contributed by atoms with Gasteiger partial charge in [0.2, 0.25) is 5.89 Å². The van der Waals surface area contributed by atoms with Crippen LogP contribution in [0.15, 0.2) is 71.3 Å². The number of hydrogen-bond acceptors (Lipinski definition) is 6. The number of hydrogen-bond donors (Lipinski definition) is 2. The zero-order valence-electron chi connectivity index (χ0n) is 17.5. The SMILES string of the molecule is CCCC(N)c1nc(C(=O)NC(Cc2ccccc2)C(=O)OCc2ccccc2)co1. The van der Waals surface area contributed by atoms with Crippen molar-refractivity contribution in [2.24, 2.45) is 5.73 Å². The molecule has 0 aliphatic carbocycles. The van der Waals surface area contributed by atoms with Gasteiger partial charge in [-0.05, 0) is 17.5 Å². The third kappa shape index (κ3) is 6.52. The molecule has 2 unspecified atom stereocenters. The fourth-order valence-electron chi connectivity index (χ4n) is 3.10. The lowest BCUT2D eigenvalue weighted by atomic mass is 10.1. The summed E-state index contributed by atoms with van der Waals surface area (Å²) in [6.07, 6.45) is 3.12. The highest BCUT2D eigenvalue weighted by Crippen LogP contribution is 2.15. The lowest BCUT2D eigenvalue weighted by Crippen LogP contribution is -2.43. The standard InChI is InChI=1S/C24H27N3O4/c1-2-9-19(25)23-27-21(16-30-23)22(28)26-20(14-17-10-5-3-6-11-17)24(29)31-15-18-12-7-4-8-13-18/h3-8,10-13,16,19-20H,2,9,14-15,25H2,1H3,(H,26,28). The van der Waals surface area contributed by atoms with Crippen molar-refractivity contribution in [1.29, 1.82) is 0 Å². The van der Waals surface area contributed by atoms with Crippen LogP contribution in [0.4, 0.5) is 0 Å². The highest BCUT2D eigenvalue weighted by Gasteiger charge is 2.25. The molecule has 162 valence electrons. The molecule has 0 aliphatic rings. The average molecular weight is 421 g/mol. The number of ether oxygens (including phenoxy) is 1. The zero-order valence-corrected chi connectivity index (χ0v) is 17.5. The van der Waals surface area contributed by atoms with Crippen molar-refractivity contribution in [2.75, 3.05) is 0 Å². The number of amides is 1. The molecule has 3 aromatic rings. The molecule has 1 heterocycles. The van der Waals surface area contributed by atoms with E-state index in [1.54, 1.807) is 0 Å². The summed E-state index contributed by atoms with van der Waals surface area (Å²) in [5.41, 5.74) is 7.85. The van der Waals surface area contributed by atoms with Gasteiger partial charge in [0, 0.05) is 6.42 Å². The Morgan fingerprint density at radius 3 is 2.35 bits per heavy atom. The van der Waals surface area contributed by atoms with Crippen LogP contribution in [0.2, 0.25) is 0 Å². The first-order valence-corrected chi connectivity index (χ1v) is 10.3. The molecule has 2 aromatic carbocycles. The molecule has 7 nitrogen and oxygen atoms in total. The van der Waals surface area contributed by atoms with Crippen molar-refractivity contribution in [3.63, 3.8) is 0 Å². The predicted octanol–water partition coefficient (Wildman–Crippen LogP) is 3.56. The van der Waals surface area contributed by atoms with Crippen molar-refractivity contribution in [1.82, 2.24) is 10.3 Å². The van der Waals surface area contributed by atoms with Crippen LogP contribution in [-0.2, 0) is 22.6 Å². The highest BCUT2D eigenvalue weighted by atomic mass is 16.5. The van der Waals surface area contributed by atoms with E-state index in [1.165, 1.54) is 6.26 Å². The summed E-state index contributed by atoms with van der Waals surface area (Å²) >= 11 is 0. The molecule has 1 aromatic heterocycles. The van der Waals surface area contributed by atoms with E-state index in [1.807, 2.05) is 67.6 Å². The van der Waals surface area contributed by atoms with Gasteiger partial charge < -0.3 is 20.2 Å². The van der Waals surface area contributed by atoms with E-state index >= 15 is 0 Å². The summed E-state index contributed by atoms with van der Waals surface area (Å²) in [7, 11) is 0. The molecule has 0 radical (unpaired) electrons. The Morgan fingerprint density at radius 1 is 1.06 bits per heavy atom. The topological polar surface area (TPSA) is 107 Å². The fraction of sp³-hybridized carbons (Fsp3) is 0.292. The molecule has 0 saturated carbocycles. The second-order valence-electron chi connectivity index (χ2n) is 7.28. The van der Waals surface area contributed by atoms with Crippen molar-refractivity contribution in [2.45, 2.75) is 44.9 Å². The number of aromatic nitrogens is 1. The van der Waals surface area contributed by atoms with Gasteiger partial charge in [-0.1, -0.05) is 74.0 Å². The maximum atomic E-state index is 12.8. The first-order valence-electron chi connectivity index (χ1n) is 10.3. The predicted molar refractivity (Wildman–Crippen MR) is 116 cm³/mol. The average Bonchev–Trinajstić information content (AvgIpc) is 3.29. The van der Waals surface area contributed by atoms with Crippen LogP contribution in [0.1, 0.15) is 53.3 Å². The third-order valence-electron chi connectivity index (χ3n) is 4.77. The molecule has 0 spiro atoms. The van der Waals surface area contributed by atoms with Gasteiger partial charge in [0.25, 0.3) is 5.91 Å². The number of nitrogens with zero attached hydrogens (tertiary/aromatic N) is 1. The molecule has 0 saturated heterocycles. The van der Waals surface area contributed by atoms with Crippen LogP contribution in [-0.4, -0.2) is 22.9 Å². The molecule has 3 N–H and O–H groups in total. The number of carbonyl (C=O) groups excluding carboxylic acids is 2. The smallest absolute Gasteiger partial charge is 0.329 e. The maximum Gasteiger partial charge on any atom is 0.329 e. The van der Waals surface area contributed by atoms with Gasteiger partial charge in [0.15, 0.2) is 5.69 Å². The monoisotopic (exact) mass is 421 g/mol. The van der Waals surface area contributed by atoms with Gasteiger partial charge in [-0.15, -0.1) is 0 Å². The van der Waals surface area contributed by atoms with Gasteiger partial charge in [-0.3, -0.25) is 4.79 Å². The Kier molecular flexibility index (Phi) is 7.95. The van der Waals surface area contributed by atoms with Gasteiger partial charge in [-0.25, -0.2) is 9.78 Å². The summed E-state index contributed by atoms with van der Waals surface area (Å²) in [5.74, 6) is -0.734. The summed E-state index contributed by atoms with van der Waals surface area (Å²) < 4.78 is 10.8. The van der Waals surface area contributed by atoms with Crippen LogP contribution in [0, 0.1) is 0 Å². The second-order valence-corrected chi connectivity index (χ2v) is 7.28. The Morgan fingerprint density at radius 2 is 1.71 bits per heavy atom. The Labute approximate surface area is 181 Å². The zero-order chi connectivity index (χ0) is 22.1. The van der Waals surface area contributed by atoms with Crippen molar-refractivity contribution in [3.05, 3.63) is 89.6 Å². The van der Waals surface area contributed by atoms with E-state index in [9.17, 15) is 9.59 Å². The minimum atomic E-state index is -0.872. The maximum absolute atomic E-state index is 12.8. The van der Waals surface area contributed by atoms with Crippen molar-refractivity contribution < 1.29 is 18.7 Å². The first kappa shape index (κ1) is 22.2.